The lowest BCUT2D eigenvalue weighted by atomic mass is 9.98. The van der Waals surface area contributed by atoms with Crippen molar-refractivity contribution in [1.82, 2.24) is 0 Å². The van der Waals surface area contributed by atoms with Gasteiger partial charge in [0.05, 0.1) is 10.5 Å². The average Bonchev–Trinajstić information content (AvgIpc) is 2.77. The van der Waals surface area contributed by atoms with E-state index in [1.54, 1.807) is 36.4 Å². The summed E-state index contributed by atoms with van der Waals surface area (Å²) in [6.07, 6.45) is 0. The van der Waals surface area contributed by atoms with E-state index in [1.165, 1.54) is 36.4 Å². The molecule has 0 radical (unpaired) electrons. The smallest absolute Gasteiger partial charge is 0.339 e. The van der Waals surface area contributed by atoms with Gasteiger partial charge in [-0.3, -0.25) is 19.7 Å². The Labute approximate surface area is 177 Å². The molecular formula is C23H18N2O6. The van der Waals surface area contributed by atoms with Gasteiger partial charge in [0, 0.05) is 17.2 Å². The number of benzene rings is 3. The highest BCUT2D eigenvalue weighted by molar-refractivity contribution is 6.14. The molecule has 0 aromatic heterocycles. The molecule has 0 atom stereocenters. The van der Waals surface area contributed by atoms with E-state index < -0.39 is 23.4 Å². The summed E-state index contributed by atoms with van der Waals surface area (Å²) in [5.74, 6) is -1.95. The standard InChI is InChI=1S/C23H18N2O6/c1-15-10-12-16(13-11-15)22(27)17-6-2-3-7-18(17)23(28)31-14-21(26)24-19-8-4-5-9-20(19)25(29)30/h2-13H,14H2,1H3,(H,24,26). The van der Waals surface area contributed by atoms with Gasteiger partial charge in [0.15, 0.2) is 12.4 Å². The monoisotopic (exact) mass is 418 g/mol. The van der Waals surface area contributed by atoms with E-state index in [0.717, 1.165) is 5.56 Å². The predicted octanol–water partition coefficient (Wildman–Crippen LogP) is 3.93. The number of ketones is 1. The molecule has 0 aliphatic carbocycles. The van der Waals surface area contributed by atoms with Crippen LogP contribution in [0.3, 0.4) is 0 Å². The summed E-state index contributed by atoms with van der Waals surface area (Å²) in [6, 6.07) is 18.7. The van der Waals surface area contributed by atoms with Crippen molar-refractivity contribution in [3.05, 3.63) is 105 Å². The van der Waals surface area contributed by atoms with Gasteiger partial charge in [-0.1, -0.05) is 60.2 Å². The Morgan fingerprint density at radius 3 is 2.19 bits per heavy atom. The van der Waals surface area contributed by atoms with Crippen molar-refractivity contribution in [2.45, 2.75) is 6.92 Å². The first kappa shape index (κ1) is 21.4. The van der Waals surface area contributed by atoms with Crippen molar-refractivity contribution in [1.29, 1.82) is 0 Å². The maximum absolute atomic E-state index is 12.8. The summed E-state index contributed by atoms with van der Waals surface area (Å²) in [7, 11) is 0. The fourth-order valence-electron chi connectivity index (χ4n) is 2.85. The summed E-state index contributed by atoms with van der Waals surface area (Å²) in [5, 5.41) is 13.4. The first-order chi connectivity index (χ1) is 14.9. The van der Waals surface area contributed by atoms with Crippen molar-refractivity contribution < 1.29 is 24.0 Å². The molecule has 0 spiro atoms. The largest absolute Gasteiger partial charge is 0.452 e. The van der Waals surface area contributed by atoms with E-state index >= 15 is 0 Å². The molecule has 8 heteroatoms. The Kier molecular flexibility index (Phi) is 6.51. The van der Waals surface area contributed by atoms with E-state index in [4.69, 9.17) is 4.74 Å². The molecule has 3 rings (SSSR count). The number of rotatable bonds is 7. The highest BCUT2D eigenvalue weighted by atomic mass is 16.6. The number of nitro groups is 1. The van der Waals surface area contributed by atoms with Crippen LogP contribution in [0.1, 0.15) is 31.8 Å². The van der Waals surface area contributed by atoms with Crippen molar-refractivity contribution >= 4 is 29.0 Å². The van der Waals surface area contributed by atoms with Crippen LogP contribution >= 0.6 is 0 Å². The molecule has 0 saturated carbocycles. The average molecular weight is 418 g/mol. The quantitative estimate of drug-likeness (QED) is 0.269. The lowest BCUT2D eigenvalue weighted by molar-refractivity contribution is -0.383. The third kappa shape index (κ3) is 5.18. The first-order valence-corrected chi connectivity index (χ1v) is 9.27. The zero-order chi connectivity index (χ0) is 22.4. The number of nitro benzene ring substituents is 1. The summed E-state index contributed by atoms with van der Waals surface area (Å²) in [6.45, 7) is 1.23. The van der Waals surface area contributed by atoms with Crippen LogP contribution in [-0.2, 0) is 9.53 Å². The number of amides is 1. The van der Waals surface area contributed by atoms with Gasteiger partial charge in [-0.25, -0.2) is 4.79 Å². The van der Waals surface area contributed by atoms with Gasteiger partial charge in [0.25, 0.3) is 11.6 Å². The van der Waals surface area contributed by atoms with Gasteiger partial charge in [0.1, 0.15) is 5.69 Å². The van der Waals surface area contributed by atoms with Crippen LogP contribution in [0, 0.1) is 17.0 Å². The molecule has 1 N–H and O–H groups in total. The van der Waals surface area contributed by atoms with Gasteiger partial charge in [-0.15, -0.1) is 0 Å². The maximum Gasteiger partial charge on any atom is 0.339 e. The lowest BCUT2D eigenvalue weighted by Crippen LogP contribution is -2.22. The van der Waals surface area contributed by atoms with Crippen molar-refractivity contribution in [2.75, 3.05) is 11.9 Å². The van der Waals surface area contributed by atoms with E-state index in [9.17, 15) is 24.5 Å². The van der Waals surface area contributed by atoms with Crippen molar-refractivity contribution in [2.24, 2.45) is 0 Å². The highest BCUT2D eigenvalue weighted by Crippen LogP contribution is 2.23. The molecule has 0 heterocycles. The molecule has 3 aromatic carbocycles. The number of para-hydroxylation sites is 2. The molecule has 0 bridgehead atoms. The molecule has 8 nitrogen and oxygen atoms in total. The minimum atomic E-state index is -0.853. The van der Waals surface area contributed by atoms with Crippen LogP contribution in [0.5, 0.6) is 0 Å². The van der Waals surface area contributed by atoms with Crippen LogP contribution in [0.15, 0.2) is 72.8 Å². The van der Waals surface area contributed by atoms with Gasteiger partial charge in [-0.05, 0) is 19.1 Å². The minimum absolute atomic E-state index is 0.0107. The Balaban J connectivity index is 1.70. The summed E-state index contributed by atoms with van der Waals surface area (Å²) >= 11 is 0. The number of hydrogen-bond acceptors (Lipinski definition) is 6. The predicted molar refractivity (Wildman–Crippen MR) is 113 cm³/mol. The number of carbonyl (C=O) groups excluding carboxylic acids is 3. The molecule has 0 saturated heterocycles. The lowest BCUT2D eigenvalue weighted by Gasteiger charge is -2.10. The summed E-state index contributed by atoms with van der Waals surface area (Å²) in [4.78, 5) is 47.9. The Morgan fingerprint density at radius 2 is 1.52 bits per heavy atom. The topological polar surface area (TPSA) is 116 Å². The number of nitrogens with zero attached hydrogens (tertiary/aromatic N) is 1. The number of hydrogen-bond donors (Lipinski definition) is 1. The molecule has 31 heavy (non-hydrogen) atoms. The molecule has 1 amide bonds. The van der Waals surface area contributed by atoms with E-state index in [1.807, 2.05) is 6.92 Å². The van der Waals surface area contributed by atoms with Crippen LogP contribution in [0.2, 0.25) is 0 Å². The Hall–Kier alpha value is -4.33. The molecule has 0 fully saturated rings. The number of ether oxygens (including phenoxy) is 1. The third-order valence-corrected chi connectivity index (χ3v) is 4.41. The number of nitrogens with one attached hydrogen (secondary N) is 1. The maximum atomic E-state index is 12.8. The normalized spacial score (nSPS) is 10.2. The molecule has 0 unspecified atom stereocenters. The second-order valence-corrected chi connectivity index (χ2v) is 6.64. The molecule has 156 valence electrons. The zero-order valence-electron chi connectivity index (χ0n) is 16.5. The number of aryl methyl sites for hydroxylation is 1. The second-order valence-electron chi connectivity index (χ2n) is 6.64. The second kappa shape index (κ2) is 9.45. The van der Waals surface area contributed by atoms with Gasteiger partial charge < -0.3 is 10.1 Å². The molecule has 0 aliphatic heterocycles. The highest BCUT2D eigenvalue weighted by Gasteiger charge is 2.21. The third-order valence-electron chi connectivity index (χ3n) is 4.41. The van der Waals surface area contributed by atoms with Crippen molar-refractivity contribution in [3.63, 3.8) is 0 Å². The van der Waals surface area contributed by atoms with Crippen LogP contribution in [0.25, 0.3) is 0 Å². The van der Waals surface area contributed by atoms with Gasteiger partial charge in [0.2, 0.25) is 0 Å². The fraction of sp³-hybridized carbons (Fsp3) is 0.0870. The van der Waals surface area contributed by atoms with Crippen molar-refractivity contribution in [3.8, 4) is 0 Å². The zero-order valence-corrected chi connectivity index (χ0v) is 16.5. The first-order valence-electron chi connectivity index (χ1n) is 9.27. The molecular weight excluding hydrogens is 400 g/mol. The Morgan fingerprint density at radius 1 is 0.903 bits per heavy atom. The fourth-order valence-corrected chi connectivity index (χ4v) is 2.85. The SMILES string of the molecule is Cc1ccc(C(=O)c2ccccc2C(=O)OCC(=O)Nc2ccccc2[N+](=O)[O-])cc1. The molecule has 3 aromatic rings. The number of anilines is 1. The Bertz CT molecular complexity index is 1150. The van der Waals surface area contributed by atoms with E-state index in [0.29, 0.717) is 5.56 Å². The van der Waals surface area contributed by atoms with Crippen LogP contribution in [-0.4, -0.2) is 29.2 Å². The van der Waals surface area contributed by atoms with Crippen LogP contribution < -0.4 is 5.32 Å². The van der Waals surface area contributed by atoms with Gasteiger partial charge in [-0.2, -0.15) is 0 Å². The minimum Gasteiger partial charge on any atom is -0.452 e. The number of esters is 1. The number of carbonyl (C=O) groups is 3. The molecule has 0 aliphatic rings. The van der Waals surface area contributed by atoms with E-state index in [-0.39, 0.29) is 28.3 Å². The summed E-state index contributed by atoms with van der Waals surface area (Å²) < 4.78 is 5.04. The summed E-state index contributed by atoms with van der Waals surface area (Å²) in [5.41, 5.74) is 1.29. The van der Waals surface area contributed by atoms with Crippen LogP contribution in [0.4, 0.5) is 11.4 Å². The van der Waals surface area contributed by atoms with E-state index in [2.05, 4.69) is 5.32 Å². The van der Waals surface area contributed by atoms with Gasteiger partial charge >= 0.3 is 5.97 Å².